The first-order valence-electron chi connectivity index (χ1n) is 13.0. The fraction of sp³-hybridized carbons (Fsp3) is 0.345. The van der Waals surface area contributed by atoms with Gasteiger partial charge in [0.25, 0.3) is 10.0 Å². The van der Waals surface area contributed by atoms with Crippen LogP contribution in [-0.2, 0) is 26.6 Å². The van der Waals surface area contributed by atoms with Crippen molar-refractivity contribution in [1.29, 1.82) is 0 Å². The lowest BCUT2D eigenvalue weighted by molar-refractivity contribution is 0.210. The summed E-state index contributed by atoms with van der Waals surface area (Å²) in [5, 5.41) is 3.31. The van der Waals surface area contributed by atoms with E-state index in [1.807, 2.05) is 62.9 Å². The standard InChI is InChI=1S/C29H36N4O4S2/c1-22(2)29-32(18-19-33(29)39(36,37)27-16-12-24(4)13-17-27)28(21-30-20-25-8-6-5-7-9-25)31-38(34,35)26-14-10-23(3)11-15-26/h5-17,22,29-30H,18-21H2,1-4H3/t29-/m0/s1. The lowest BCUT2D eigenvalue weighted by Crippen LogP contribution is -2.49. The molecule has 0 radical (unpaired) electrons. The zero-order chi connectivity index (χ0) is 28.2. The van der Waals surface area contributed by atoms with E-state index in [1.54, 1.807) is 48.5 Å². The maximum Gasteiger partial charge on any atom is 0.283 e. The SMILES string of the molecule is Cc1ccc(S(=O)(=O)N=C(CNCc2ccccc2)N2CCN(S(=O)(=O)c3ccc(C)cc3)[C@H]2C(C)C)cc1. The molecule has 1 aliphatic rings. The first-order valence-corrected chi connectivity index (χ1v) is 15.9. The Morgan fingerprint density at radius 2 is 1.41 bits per heavy atom. The molecule has 1 fully saturated rings. The summed E-state index contributed by atoms with van der Waals surface area (Å²) < 4.78 is 59.9. The Morgan fingerprint density at radius 1 is 0.846 bits per heavy atom. The molecule has 0 amide bonds. The Hall–Kier alpha value is -3.05. The highest BCUT2D eigenvalue weighted by Crippen LogP contribution is 2.29. The van der Waals surface area contributed by atoms with Gasteiger partial charge in [0, 0.05) is 19.6 Å². The minimum Gasteiger partial charge on any atom is -0.340 e. The van der Waals surface area contributed by atoms with Crippen molar-refractivity contribution < 1.29 is 16.8 Å². The Labute approximate surface area is 232 Å². The van der Waals surface area contributed by atoms with E-state index in [0.29, 0.717) is 13.1 Å². The maximum atomic E-state index is 13.7. The number of nitrogens with zero attached hydrogens (tertiary/aromatic N) is 3. The smallest absolute Gasteiger partial charge is 0.283 e. The second-order valence-corrected chi connectivity index (χ2v) is 13.7. The van der Waals surface area contributed by atoms with E-state index in [-0.39, 0.29) is 34.6 Å². The van der Waals surface area contributed by atoms with Crippen molar-refractivity contribution in [2.24, 2.45) is 10.3 Å². The molecule has 1 heterocycles. The summed E-state index contributed by atoms with van der Waals surface area (Å²) in [4.78, 5) is 2.13. The Morgan fingerprint density at radius 3 is 1.97 bits per heavy atom. The van der Waals surface area contributed by atoms with Gasteiger partial charge in [0.05, 0.1) is 22.5 Å². The van der Waals surface area contributed by atoms with Crippen molar-refractivity contribution >= 4 is 25.9 Å². The fourth-order valence-electron chi connectivity index (χ4n) is 4.71. The highest BCUT2D eigenvalue weighted by molar-refractivity contribution is 7.90. The topological polar surface area (TPSA) is 99.2 Å². The zero-order valence-corrected chi connectivity index (χ0v) is 24.4. The van der Waals surface area contributed by atoms with E-state index in [4.69, 9.17) is 0 Å². The molecular formula is C29H36N4O4S2. The van der Waals surface area contributed by atoms with E-state index in [1.165, 1.54) is 4.31 Å². The summed E-state index contributed by atoms with van der Waals surface area (Å²) in [5.41, 5.74) is 2.96. The summed E-state index contributed by atoms with van der Waals surface area (Å²) in [6.07, 6.45) is -0.596. The van der Waals surface area contributed by atoms with Gasteiger partial charge in [0.2, 0.25) is 10.0 Å². The molecular weight excluding hydrogens is 532 g/mol. The molecule has 1 N–H and O–H groups in total. The van der Waals surface area contributed by atoms with Crippen molar-refractivity contribution in [2.75, 3.05) is 19.6 Å². The van der Waals surface area contributed by atoms with Crippen LogP contribution in [0.4, 0.5) is 0 Å². The van der Waals surface area contributed by atoms with Crippen molar-refractivity contribution in [1.82, 2.24) is 14.5 Å². The van der Waals surface area contributed by atoms with E-state index in [9.17, 15) is 16.8 Å². The van der Waals surface area contributed by atoms with Gasteiger partial charge < -0.3 is 10.2 Å². The molecule has 4 rings (SSSR count). The number of hydrogen-bond donors (Lipinski definition) is 1. The van der Waals surface area contributed by atoms with E-state index in [2.05, 4.69) is 9.71 Å². The summed E-state index contributed by atoms with van der Waals surface area (Å²) in [5.74, 6) is 0.154. The normalized spacial score (nSPS) is 17.2. The Bertz CT molecular complexity index is 1500. The second-order valence-electron chi connectivity index (χ2n) is 10.2. The largest absolute Gasteiger partial charge is 0.340 e. The van der Waals surface area contributed by atoms with Gasteiger partial charge >= 0.3 is 0 Å². The van der Waals surface area contributed by atoms with Crippen LogP contribution in [0.25, 0.3) is 0 Å². The van der Waals surface area contributed by atoms with Gasteiger partial charge in [-0.2, -0.15) is 12.7 Å². The molecule has 0 unspecified atom stereocenters. The van der Waals surface area contributed by atoms with Crippen molar-refractivity contribution in [3.05, 3.63) is 95.6 Å². The fourth-order valence-corrected chi connectivity index (χ4v) is 7.46. The minimum absolute atomic E-state index is 0.0955. The quantitative estimate of drug-likeness (QED) is 0.307. The van der Waals surface area contributed by atoms with Crippen molar-refractivity contribution in [3.8, 4) is 0 Å². The predicted molar refractivity (Wildman–Crippen MR) is 154 cm³/mol. The minimum atomic E-state index is -4.03. The van der Waals surface area contributed by atoms with Gasteiger partial charge in [0.15, 0.2) is 0 Å². The van der Waals surface area contributed by atoms with Gasteiger partial charge in [-0.05, 0) is 49.6 Å². The van der Waals surface area contributed by atoms with E-state index >= 15 is 0 Å². The number of sulfonamides is 2. The van der Waals surface area contributed by atoms with Crippen molar-refractivity contribution in [3.63, 3.8) is 0 Å². The lowest BCUT2D eigenvalue weighted by Gasteiger charge is -2.34. The third-order valence-electron chi connectivity index (χ3n) is 6.73. The first-order chi connectivity index (χ1) is 18.5. The van der Waals surface area contributed by atoms with Crippen LogP contribution >= 0.6 is 0 Å². The van der Waals surface area contributed by atoms with Crippen LogP contribution in [0.3, 0.4) is 0 Å². The van der Waals surface area contributed by atoms with Crippen LogP contribution in [0.5, 0.6) is 0 Å². The van der Waals surface area contributed by atoms with Crippen LogP contribution in [0.1, 0.15) is 30.5 Å². The molecule has 8 nitrogen and oxygen atoms in total. The molecule has 39 heavy (non-hydrogen) atoms. The van der Waals surface area contributed by atoms with Crippen LogP contribution in [-0.4, -0.2) is 57.7 Å². The van der Waals surface area contributed by atoms with Crippen LogP contribution in [0.15, 0.2) is 93.1 Å². The van der Waals surface area contributed by atoms with E-state index in [0.717, 1.165) is 16.7 Å². The zero-order valence-electron chi connectivity index (χ0n) is 22.8. The molecule has 3 aromatic carbocycles. The van der Waals surface area contributed by atoms with Gasteiger partial charge in [-0.3, -0.25) is 0 Å². The molecule has 3 aromatic rings. The molecule has 10 heteroatoms. The Kier molecular flexibility index (Phi) is 8.90. The molecule has 1 aliphatic heterocycles. The monoisotopic (exact) mass is 568 g/mol. The average molecular weight is 569 g/mol. The molecule has 0 spiro atoms. The van der Waals surface area contributed by atoms with Crippen LogP contribution in [0, 0.1) is 19.8 Å². The van der Waals surface area contributed by atoms with Gasteiger partial charge in [-0.25, -0.2) is 8.42 Å². The van der Waals surface area contributed by atoms with Gasteiger partial charge in [0.1, 0.15) is 5.84 Å². The van der Waals surface area contributed by atoms with Crippen LogP contribution in [0.2, 0.25) is 0 Å². The number of aryl methyl sites for hydroxylation is 2. The third-order valence-corrected chi connectivity index (χ3v) is 9.93. The Balaban J connectivity index is 1.69. The highest BCUT2D eigenvalue weighted by atomic mass is 32.2. The van der Waals surface area contributed by atoms with Crippen molar-refractivity contribution in [2.45, 2.75) is 50.2 Å². The summed E-state index contributed by atoms with van der Waals surface area (Å²) in [6.45, 7) is 8.88. The lowest BCUT2D eigenvalue weighted by atomic mass is 10.1. The van der Waals surface area contributed by atoms with Gasteiger partial charge in [-0.1, -0.05) is 79.6 Å². The summed E-state index contributed by atoms with van der Waals surface area (Å²) >= 11 is 0. The van der Waals surface area contributed by atoms with Crippen LogP contribution < -0.4 is 5.32 Å². The molecule has 0 saturated carbocycles. The number of amidine groups is 1. The number of rotatable bonds is 9. The molecule has 0 bridgehead atoms. The number of benzene rings is 3. The van der Waals surface area contributed by atoms with E-state index < -0.39 is 26.2 Å². The number of hydrogen-bond acceptors (Lipinski definition) is 5. The highest BCUT2D eigenvalue weighted by Gasteiger charge is 2.43. The molecule has 1 atom stereocenters. The molecule has 1 saturated heterocycles. The first kappa shape index (κ1) is 28.9. The number of nitrogens with one attached hydrogen (secondary N) is 1. The molecule has 0 aromatic heterocycles. The second kappa shape index (κ2) is 12.0. The molecule has 208 valence electrons. The molecule has 0 aliphatic carbocycles. The average Bonchev–Trinajstić information content (AvgIpc) is 3.36. The van der Waals surface area contributed by atoms with Gasteiger partial charge in [-0.15, -0.1) is 4.40 Å². The maximum absolute atomic E-state index is 13.7. The third kappa shape index (κ3) is 6.75. The summed E-state index contributed by atoms with van der Waals surface area (Å²) in [6, 6.07) is 23.1. The summed E-state index contributed by atoms with van der Waals surface area (Å²) in [7, 11) is -7.84. The predicted octanol–water partition coefficient (Wildman–Crippen LogP) is 4.17.